The summed E-state index contributed by atoms with van der Waals surface area (Å²) < 4.78 is 2.54. The van der Waals surface area contributed by atoms with Crippen molar-refractivity contribution >= 4 is 0 Å². The third-order valence-corrected chi connectivity index (χ3v) is 4.85. The predicted molar refractivity (Wildman–Crippen MR) is 59.7 cm³/mol. The Kier molecular flexibility index (Phi) is 3.74. The summed E-state index contributed by atoms with van der Waals surface area (Å²) >= 11 is -0.226. The van der Waals surface area contributed by atoms with Gasteiger partial charge >= 0.3 is 111 Å². The number of nitriles is 2. The number of hydrogen-bond acceptors (Lipinski definition) is 2. The molecule has 0 saturated heterocycles. The van der Waals surface area contributed by atoms with Crippen LogP contribution in [-0.2, 0) is 0 Å². The summed E-state index contributed by atoms with van der Waals surface area (Å²) in [7, 11) is 0. The number of hydrogen-bond donors (Lipinski definition) is 0. The molecule has 0 radical (unpaired) electrons. The van der Waals surface area contributed by atoms with Crippen molar-refractivity contribution in [3.05, 3.63) is 66.8 Å². The van der Waals surface area contributed by atoms with Crippen LogP contribution in [0.4, 0.5) is 0 Å². The number of halogens is 1. The van der Waals surface area contributed by atoms with Gasteiger partial charge in [0.2, 0.25) is 0 Å². The molecule has 0 aliphatic heterocycles. The summed E-state index contributed by atoms with van der Waals surface area (Å²) in [5.74, 6) is 0. The van der Waals surface area contributed by atoms with Crippen molar-refractivity contribution in [2.24, 2.45) is 0 Å². The van der Waals surface area contributed by atoms with E-state index in [0.717, 1.165) is 0 Å². The molecule has 0 atom stereocenters. The molecular weight excluding hydrogens is 323 g/mol. The Labute approximate surface area is 110 Å². The van der Waals surface area contributed by atoms with Crippen LogP contribution in [-0.4, -0.2) is 0 Å². The molecule has 0 aliphatic rings. The Morgan fingerprint density at radius 2 is 1.00 bits per heavy atom. The van der Waals surface area contributed by atoms with Crippen LogP contribution in [0.2, 0.25) is 0 Å². The van der Waals surface area contributed by atoms with Crippen molar-refractivity contribution in [2.45, 2.75) is 0 Å². The molecule has 0 amide bonds. The van der Waals surface area contributed by atoms with Crippen LogP contribution in [0.15, 0.2) is 48.5 Å². The first-order valence-corrected chi connectivity index (χ1v) is 7.13. The van der Waals surface area contributed by atoms with Crippen LogP contribution in [0, 0.1) is 29.8 Å². The summed E-state index contributed by atoms with van der Waals surface area (Å²) in [5, 5.41) is 17.4. The summed E-state index contributed by atoms with van der Waals surface area (Å²) in [6.07, 6.45) is 0. The average molecular weight is 331 g/mol. The van der Waals surface area contributed by atoms with Crippen LogP contribution in [0.5, 0.6) is 0 Å². The SMILES string of the molecule is N#Cc1ccc([I-]c2ccc(C#N)cc2)cc1. The molecule has 0 unspecified atom stereocenters. The molecule has 82 valence electrons. The van der Waals surface area contributed by atoms with Gasteiger partial charge in [-0.2, -0.15) is 0 Å². The molecule has 0 fully saturated rings. The Bertz CT molecular complexity index is 531. The second kappa shape index (κ2) is 5.47. The van der Waals surface area contributed by atoms with Gasteiger partial charge in [-0.05, 0) is 0 Å². The molecule has 0 bridgehead atoms. The molecule has 0 aromatic heterocycles. The van der Waals surface area contributed by atoms with Gasteiger partial charge in [0.05, 0.1) is 0 Å². The molecule has 3 heteroatoms. The topological polar surface area (TPSA) is 47.6 Å². The first-order chi connectivity index (χ1) is 8.31. The molecule has 2 aromatic rings. The van der Waals surface area contributed by atoms with Gasteiger partial charge in [0.1, 0.15) is 0 Å². The first kappa shape index (κ1) is 11.6. The molecule has 0 saturated carbocycles. The van der Waals surface area contributed by atoms with Crippen molar-refractivity contribution in [3.8, 4) is 12.1 Å². The quantitative estimate of drug-likeness (QED) is 0.701. The fourth-order valence-electron chi connectivity index (χ4n) is 1.30. The van der Waals surface area contributed by atoms with Crippen LogP contribution in [0.3, 0.4) is 0 Å². The van der Waals surface area contributed by atoms with E-state index in [1.807, 2.05) is 48.5 Å². The molecule has 0 aliphatic carbocycles. The maximum absolute atomic E-state index is 8.70. The normalized spacial score (nSPS) is 9.53. The number of nitrogens with zero attached hydrogens (tertiary/aromatic N) is 2. The fraction of sp³-hybridized carbons (Fsp3) is 0. The van der Waals surface area contributed by atoms with E-state index in [-0.39, 0.29) is 21.2 Å². The van der Waals surface area contributed by atoms with Gasteiger partial charge in [-0.15, -0.1) is 0 Å². The van der Waals surface area contributed by atoms with E-state index in [2.05, 4.69) is 12.1 Å². The van der Waals surface area contributed by atoms with Crippen molar-refractivity contribution < 1.29 is 21.2 Å². The van der Waals surface area contributed by atoms with E-state index >= 15 is 0 Å². The van der Waals surface area contributed by atoms with E-state index in [9.17, 15) is 0 Å². The standard InChI is InChI=1S/C14H8IN2/c16-9-11-1-5-13(6-2-11)15-14-7-3-12(10-17)4-8-14/h1-8H/q-1. The van der Waals surface area contributed by atoms with E-state index in [4.69, 9.17) is 10.5 Å². The third-order valence-electron chi connectivity index (χ3n) is 2.16. The summed E-state index contributed by atoms with van der Waals surface area (Å²) in [6, 6.07) is 19.6. The van der Waals surface area contributed by atoms with Crippen LogP contribution >= 0.6 is 0 Å². The van der Waals surface area contributed by atoms with E-state index < -0.39 is 0 Å². The van der Waals surface area contributed by atoms with Gasteiger partial charge in [0, 0.05) is 0 Å². The second-order valence-electron chi connectivity index (χ2n) is 3.33. The maximum atomic E-state index is 8.70. The predicted octanol–water partition coefficient (Wildman–Crippen LogP) is -0.442. The minimum absolute atomic E-state index is 0.226. The van der Waals surface area contributed by atoms with Gasteiger partial charge in [-0.3, -0.25) is 0 Å². The molecular formula is C14H8IN2-. The van der Waals surface area contributed by atoms with Gasteiger partial charge < -0.3 is 0 Å². The monoisotopic (exact) mass is 331 g/mol. The Morgan fingerprint density at radius 1 is 0.647 bits per heavy atom. The molecule has 0 heterocycles. The Hall–Kier alpha value is -1.85. The van der Waals surface area contributed by atoms with Crippen molar-refractivity contribution in [2.75, 3.05) is 0 Å². The van der Waals surface area contributed by atoms with Gasteiger partial charge in [-0.1, -0.05) is 0 Å². The zero-order chi connectivity index (χ0) is 12.1. The van der Waals surface area contributed by atoms with Crippen molar-refractivity contribution in [1.29, 1.82) is 10.5 Å². The number of benzene rings is 2. The molecule has 2 aromatic carbocycles. The first-order valence-electron chi connectivity index (χ1n) is 4.97. The number of rotatable bonds is 2. The second-order valence-corrected chi connectivity index (χ2v) is 6.36. The van der Waals surface area contributed by atoms with E-state index in [1.54, 1.807) is 0 Å². The summed E-state index contributed by atoms with van der Waals surface area (Å²) in [4.78, 5) is 0. The van der Waals surface area contributed by atoms with Crippen LogP contribution in [0.1, 0.15) is 11.1 Å². The van der Waals surface area contributed by atoms with Gasteiger partial charge in [0.15, 0.2) is 0 Å². The Balaban J connectivity index is 2.14. The van der Waals surface area contributed by atoms with E-state index in [1.165, 1.54) is 7.14 Å². The van der Waals surface area contributed by atoms with Gasteiger partial charge in [0.25, 0.3) is 0 Å². The van der Waals surface area contributed by atoms with Crippen molar-refractivity contribution in [1.82, 2.24) is 0 Å². The summed E-state index contributed by atoms with van der Waals surface area (Å²) in [5.41, 5.74) is 1.38. The molecule has 0 N–H and O–H groups in total. The zero-order valence-electron chi connectivity index (χ0n) is 8.89. The average Bonchev–Trinajstić information content (AvgIpc) is 2.40. The van der Waals surface area contributed by atoms with Crippen LogP contribution < -0.4 is 21.2 Å². The van der Waals surface area contributed by atoms with Crippen LogP contribution in [0.25, 0.3) is 0 Å². The molecule has 0 spiro atoms. The molecule has 2 nitrogen and oxygen atoms in total. The minimum atomic E-state index is -0.226. The summed E-state index contributed by atoms with van der Waals surface area (Å²) in [6.45, 7) is 0. The molecule has 17 heavy (non-hydrogen) atoms. The van der Waals surface area contributed by atoms with Gasteiger partial charge in [-0.25, -0.2) is 0 Å². The van der Waals surface area contributed by atoms with Crippen molar-refractivity contribution in [3.63, 3.8) is 0 Å². The molecule has 2 rings (SSSR count). The fourth-order valence-corrected chi connectivity index (χ4v) is 3.46. The zero-order valence-corrected chi connectivity index (χ0v) is 11.0. The third kappa shape index (κ3) is 3.05. The Morgan fingerprint density at radius 3 is 1.29 bits per heavy atom. The van der Waals surface area contributed by atoms with E-state index in [0.29, 0.717) is 11.1 Å².